The van der Waals surface area contributed by atoms with E-state index in [9.17, 15) is 0 Å². The Morgan fingerprint density at radius 2 is 0.981 bits per heavy atom. The molecule has 0 aliphatic carbocycles. The molecule has 3 heteroatoms. The highest BCUT2D eigenvalue weighted by molar-refractivity contribution is 6.20. The van der Waals surface area contributed by atoms with Crippen LogP contribution in [0.15, 0.2) is 205 Å². The highest BCUT2D eigenvalue weighted by Crippen LogP contribution is 2.39. The van der Waals surface area contributed by atoms with E-state index in [0.717, 1.165) is 38.9 Å². The summed E-state index contributed by atoms with van der Waals surface area (Å²) in [6.07, 6.45) is 1.12. The normalized spacial score (nSPS) is 12.8. The van der Waals surface area contributed by atoms with Crippen LogP contribution in [0.5, 0.6) is 0 Å². The lowest BCUT2D eigenvalue weighted by Gasteiger charge is -2.22. The number of hydrogen-bond acceptors (Lipinski definition) is 3. The predicted octanol–water partition coefficient (Wildman–Crippen LogP) is 12.5. The average molecular weight is 694 g/mol. The molecule has 258 valence electrons. The van der Waals surface area contributed by atoms with Crippen molar-refractivity contribution in [1.82, 2.24) is 5.32 Å². The third-order valence-corrected chi connectivity index (χ3v) is 10.3. The molecule has 3 nitrogen and oxygen atoms in total. The van der Waals surface area contributed by atoms with Gasteiger partial charge >= 0.3 is 0 Å². The zero-order chi connectivity index (χ0) is 36.3. The minimum atomic E-state index is -0.424. The van der Waals surface area contributed by atoms with Gasteiger partial charge in [-0.25, -0.2) is 0 Å². The van der Waals surface area contributed by atoms with Crippen molar-refractivity contribution in [2.75, 3.05) is 0 Å². The van der Waals surface area contributed by atoms with Gasteiger partial charge in [-0.05, 0) is 107 Å². The molecular formula is C51H39N3. The Bertz CT molecular complexity index is 2680. The smallest absolute Gasteiger partial charge is 0.127 e. The third-order valence-electron chi connectivity index (χ3n) is 10.3. The van der Waals surface area contributed by atoms with Gasteiger partial charge in [-0.2, -0.15) is 0 Å². The van der Waals surface area contributed by atoms with Gasteiger partial charge in [-0.15, -0.1) is 0 Å². The molecule has 0 saturated heterocycles. The maximum Gasteiger partial charge on any atom is 0.127 e. The van der Waals surface area contributed by atoms with Crippen molar-refractivity contribution in [3.8, 4) is 33.4 Å². The minimum absolute atomic E-state index is 0.415. The Kier molecular flexibility index (Phi) is 9.08. The molecule has 9 rings (SSSR count). The minimum Gasteiger partial charge on any atom is -0.312 e. The Hall–Kier alpha value is -6.65. The largest absolute Gasteiger partial charge is 0.312 e. The van der Waals surface area contributed by atoms with Gasteiger partial charge in [0, 0.05) is 6.21 Å². The number of nitrogens with one attached hydrogen (secondary N) is 1. The van der Waals surface area contributed by atoms with Crippen LogP contribution in [0.4, 0.5) is 0 Å². The van der Waals surface area contributed by atoms with E-state index in [4.69, 9.17) is 10.7 Å². The Morgan fingerprint density at radius 3 is 1.65 bits per heavy atom. The van der Waals surface area contributed by atoms with Gasteiger partial charge in [0.2, 0.25) is 0 Å². The van der Waals surface area contributed by atoms with Gasteiger partial charge in [-0.3, -0.25) is 10.3 Å². The first kappa shape index (κ1) is 33.2. The molecule has 0 heterocycles. The lowest BCUT2D eigenvalue weighted by Crippen LogP contribution is -2.31. The second kappa shape index (κ2) is 14.8. The first-order valence-electron chi connectivity index (χ1n) is 18.5. The fraction of sp³-hybridized carbons (Fsp3) is 0.0392. The lowest BCUT2D eigenvalue weighted by atomic mass is 9.89. The number of fused-ring (bicyclic) bond motifs is 4. The van der Waals surface area contributed by atoms with Crippen LogP contribution >= 0.6 is 0 Å². The second-order valence-corrected chi connectivity index (χ2v) is 13.8. The number of aliphatic imine (C=N–C) groups is 1. The standard InChI is InChI=1S/C51H39N3/c52-50(40-19-8-3-9-20-40)54-51(44-31-42(36-14-4-1-5-15-36)30-43(32-44)37-16-6-2-7-17-37)53-34-35-24-26-39(27-25-35)49-46-23-13-11-21-41(46)33-48-45-22-12-10-18-38(45)28-29-47(48)49/h1-34,50-51,54H,52H2/b53-34+. The maximum absolute atomic E-state index is 6.83. The molecule has 0 aliphatic heterocycles. The molecule has 0 radical (unpaired) electrons. The van der Waals surface area contributed by atoms with E-state index >= 15 is 0 Å². The van der Waals surface area contributed by atoms with Crippen molar-refractivity contribution < 1.29 is 0 Å². The van der Waals surface area contributed by atoms with Crippen LogP contribution in [0.1, 0.15) is 29.0 Å². The van der Waals surface area contributed by atoms with Crippen LogP contribution in [-0.2, 0) is 0 Å². The summed E-state index contributed by atoms with van der Waals surface area (Å²) in [7, 11) is 0. The van der Waals surface area contributed by atoms with Crippen LogP contribution in [0.25, 0.3) is 65.7 Å². The lowest BCUT2D eigenvalue weighted by molar-refractivity contribution is 0.467. The number of hydrogen-bond donors (Lipinski definition) is 2. The number of nitrogens with zero attached hydrogens (tertiary/aromatic N) is 1. The van der Waals surface area contributed by atoms with E-state index in [2.05, 4.69) is 175 Å². The van der Waals surface area contributed by atoms with Crippen LogP contribution < -0.4 is 11.1 Å². The summed E-state index contributed by atoms with van der Waals surface area (Å²) in [5.41, 5.74) is 16.8. The SMILES string of the molecule is NC(NC(/N=C/c1ccc(-c2c3ccccc3cc3c2ccc2ccccc23)cc1)c1cc(-c2ccccc2)cc(-c2ccccc2)c1)c1ccccc1. The second-order valence-electron chi connectivity index (χ2n) is 13.8. The molecular weight excluding hydrogens is 655 g/mol. The van der Waals surface area contributed by atoms with Crippen molar-refractivity contribution in [3.63, 3.8) is 0 Å². The van der Waals surface area contributed by atoms with Crippen LogP contribution in [-0.4, -0.2) is 6.21 Å². The zero-order valence-corrected chi connectivity index (χ0v) is 29.8. The van der Waals surface area contributed by atoms with Crippen molar-refractivity contribution in [2.24, 2.45) is 10.7 Å². The maximum atomic E-state index is 6.83. The molecule has 3 N–H and O–H groups in total. The fourth-order valence-corrected chi connectivity index (χ4v) is 7.58. The van der Waals surface area contributed by atoms with Crippen LogP contribution in [0, 0.1) is 0 Å². The summed E-state index contributed by atoms with van der Waals surface area (Å²) < 4.78 is 0. The summed E-state index contributed by atoms with van der Waals surface area (Å²) >= 11 is 0. The molecule has 0 aliphatic rings. The molecule has 9 aromatic carbocycles. The number of benzene rings is 9. The Labute approximate surface area is 316 Å². The molecule has 9 aromatic rings. The van der Waals surface area contributed by atoms with Crippen molar-refractivity contribution in [1.29, 1.82) is 0 Å². The molecule has 0 aromatic heterocycles. The molecule has 2 atom stereocenters. The molecule has 0 amide bonds. The molecule has 54 heavy (non-hydrogen) atoms. The molecule has 0 spiro atoms. The highest BCUT2D eigenvalue weighted by Gasteiger charge is 2.18. The first-order valence-corrected chi connectivity index (χ1v) is 18.5. The van der Waals surface area contributed by atoms with Gasteiger partial charge in [-0.1, -0.05) is 176 Å². The van der Waals surface area contributed by atoms with Crippen molar-refractivity contribution in [2.45, 2.75) is 12.3 Å². The van der Waals surface area contributed by atoms with E-state index in [1.807, 2.05) is 36.5 Å². The summed E-state index contributed by atoms with van der Waals surface area (Å²) in [6, 6.07) is 70.8. The monoisotopic (exact) mass is 693 g/mol. The van der Waals surface area contributed by atoms with Gasteiger partial charge < -0.3 is 5.73 Å². The number of rotatable bonds is 9. The summed E-state index contributed by atoms with van der Waals surface area (Å²) in [5, 5.41) is 11.2. The topological polar surface area (TPSA) is 50.4 Å². The summed E-state index contributed by atoms with van der Waals surface area (Å²) in [5.74, 6) is 0. The van der Waals surface area contributed by atoms with E-state index in [-0.39, 0.29) is 0 Å². The fourth-order valence-electron chi connectivity index (χ4n) is 7.58. The molecule has 2 unspecified atom stereocenters. The van der Waals surface area contributed by atoms with Crippen LogP contribution in [0.2, 0.25) is 0 Å². The third kappa shape index (κ3) is 6.70. The van der Waals surface area contributed by atoms with Gasteiger partial charge in [0.15, 0.2) is 0 Å². The Morgan fingerprint density at radius 1 is 0.407 bits per heavy atom. The van der Waals surface area contributed by atoms with Crippen molar-refractivity contribution in [3.05, 3.63) is 217 Å². The van der Waals surface area contributed by atoms with Crippen LogP contribution in [0.3, 0.4) is 0 Å². The first-order chi connectivity index (χ1) is 26.7. The molecule has 0 fully saturated rings. The molecule has 0 saturated carbocycles. The summed E-state index contributed by atoms with van der Waals surface area (Å²) in [6.45, 7) is 0. The highest BCUT2D eigenvalue weighted by atomic mass is 15.1. The van der Waals surface area contributed by atoms with Gasteiger partial charge in [0.25, 0.3) is 0 Å². The summed E-state index contributed by atoms with van der Waals surface area (Å²) in [4.78, 5) is 5.22. The van der Waals surface area contributed by atoms with Gasteiger partial charge in [0.05, 0.1) is 6.17 Å². The number of nitrogens with two attached hydrogens (primary N) is 1. The van der Waals surface area contributed by atoms with E-state index < -0.39 is 12.3 Å². The van der Waals surface area contributed by atoms with Crippen molar-refractivity contribution >= 4 is 38.5 Å². The quantitative estimate of drug-likeness (QED) is 0.0684. The van der Waals surface area contributed by atoms with E-state index in [0.29, 0.717) is 0 Å². The molecule has 0 bridgehead atoms. The zero-order valence-electron chi connectivity index (χ0n) is 29.8. The van der Waals surface area contributed by atoms with E-state index in [1.54, 1.807) is 0 Å². The Balaban J connectivity index is 1.12. The average Bonchev–Trinajstić information content (AvgIpc) is 3.25. The van der Waals surface area contributed by atoms with Gasteiger partial charge in [0.1, 0.15) is 6.17 Å². The predicted molar refractivity (Wildman–Crippen MR) is 229 cm³/mol. The van der Waals surface area contributed by atoms with E-state index in [1.165, 1.54) is 43.4 Å².